The Labute approximate surface area is 122 Å². The Balaban J connectivity index is 2.35. The van der Waals surface area contributed by atoms with E-state index < -0.39 is 11.9 Å². The fraction of sp³-hybridized carbons (Fsp3) is 0.714. The van der Waals surface area contributed by atoms with Crippen LogP contribution in [0.1, 0.15) is 44.7 Å². The van der Waals surface area contributed by atoms with Crippen molar-refractivity contribution in [3.8, 4) is 0 Å². The number of anilines is 2. The van der Waals surface area contributed by atoms with Crippen LogP contribution in [-0.2, 0) is 6.18 Å². The average Bonchev–Trinajstić information content (AvgIpc) is 2.48. The van der Waals surface area contributed by atoms with Crippen molar-refractivity contribution in [3.63, 3.8) is 0 Å². The van der Waals surface area contributed by atoms with Crippen LogP contribution < -0.4 is 10.2 Å². The third-order valence-corrected chi connectivity index (χ3v) is 3.88. The largest absolute Gasteiger partial charge is 0.433 e. The Bertz CT molecular complexity index is 470. The summed E-state index contributed by atoms with van der Waals surface area (Å²) < 4.78 is 38.9. The van der Waals surface area contributed by atoms with Crippen molar-refractivity contribution < 1.29 is 13.2 Å². The van der Waals surface area contributed by atoms with Crippen molar-refractivity contribution in [3.05, 3.63) is 11.8 Å². The van der Waals surface area contributed by atoms with Gasteiger partial charge in [0.1, 0.15) is 5.82 Å². The molecule has 2 rings (SSSR count). The van der Waals surface area contributed by atoms with E-state index in [-0.39, 0.29) is 12.0 Å². The zero-order valence-corrected chi connectivity index (χ0v) is 12.4. The summed E-state index contributed by atoms with van der Waals surface area (Å²) in [6.07, 6.45) is 0.999. The summed E-state index contributed by atoms with van der Waals surface area (Å²) >= 11 is 0. The monoisotopic (exact) mass is 302 g/mol. The zero-order chi connectivity index (χ0) is 15.5. The van der Waals surface area contributed by atoms with Crippen molar-refractivity contribution in [1.82, 2.24) is 9.97 Å². The molecule has 1 aromatic heterocycles. The first-order valence-electron chi connectivity index (χ1n) is 7.36. The van der Waals surface area contributed by atoms with E-state index in [1.807, 2.05) is 11.8 Å². The second-order valence-electron chi connectivity index (χ2n) is 5.26. The molecule has 1 aliphatic rings. The van der Waals surface area contributed by atoms with E-state index in [4.69, 9.17) is 0 Å². The molecule has 1 heterocycles. The number of aromatic nitrogens is 2. The Morgan fingerprint density at radius 3 is 2.43 bits per heavy atom. The van der Waals surface area contributed by atoms with Crippen molar-refractivity contribution in [2.75, 3.05) is 23.8 Å². The molecule has 7 heteroatoms. The van der Waals surface area contributed by atoms with Crippen LogP contribution in [0.15, 0.2) is 6.07 Å². The van der Waals surface area contributed by atoms with Gasteiger partial charge in [0.15, 0.2) is 5.69 Å². The Hall–Kier alpha value is -1.53. The van der Waals surface area contributed by atoms with Crippen LogP contribution in [0.5, 0.6) is 0 Å². The molecule has 0 unspecified atom stereocenters. The molecule has 1 fully saturated rings. The average molecular weight is 302 g/mol. The van der Waals surface area contributed by atoms with Gasteiger partial charge in [-0.3, -0.25) is 0 Å². The van der Waals surface area contributed by atoms with Crippen LogP contribution in [0.25, 0.3) is 0 Å². The highest BCUT2D eigenvalue weighted by molar-refractivity contribution is 5.46. The summed E-state index contributed by atoms with van der Waals surface area (Å²) in [6, 6.07) is 1.32. The first-order valence-corrected chi connectivity index (χ1v) is 7.36. The predicted octanol–water partition coefficient (Wildman–Crippen LogP) is 3.70. The molecule has 0 bridgehead atoms. The maximum absolute atomic E-state index is 13.0. The van der Waals surface area contributed by atoms with E-state index in [9.17, 15) is 13.2 Å². The van der Waals surface area contributed by atoms with E-state index in [1.165, 1.54) is 13.5 Å². The van der Waals surface area contributed by atoms with Gasteiger partial charge < -0.3 is 10.2 Å². The first kappa shape index (κ1) is 15.9. The lowest BCUT2D eigenvalue weighted by atomic mass is 9.94. The van der Waals surface area contributed by atoms with Crippen LogP contribution >= 0.6 is 0 Å². The highest BCUT2D eigenvalue weighted by Gasteiger charge is 2.34. The highest BCUT2D eigenvalue weighted by atomic mass is 19.4. The molecular formula is C14H21F3N4. The molecule has 1 aromatic rings. The van der Waals surface area contributed by atoms with Gasteiger partial charge >= 0.3 is 6.18 Å². The maximum Gasteiger partial charge on any atom is 0.433 e. The quantitative estimate of drug-likeness (QED) is 0.921. The summed E-state index contributed by atoms with van der Waals surface area (Å²) in [7, 11) is 1.52. The smallest absolute Gasteiger partial charge is 0.357 e. The van der Waals surface area contributed by atoms with Crippen LogP contribution in [0.3, 0.4) is 0 Å². The Morgan fingerprint density at radius 1 is 1.24 bits per heavy atom. The minimum Gasteiger partial charge on any atom is -0.357 e. The van der Waals surface area contributed by atoms with Crippen molar-refractivity contribution in [2.45, 2.75) is 51.2 Å². The molecule has 0 atom stereocenters. The normalized spacial score (nSPS) is 16.8. The van der Waals surface area contributed by atoms with E-state index in [0.717, 1.165) is 31.7 Å². The third-order valence-electron chi connectivity index (χ3n) is 3.88. The summed E-state index contributed by atoms with van der Waals surface area (Å²) in [5, 5.41) is 2.61. The summed E-state index contributed by atoms with van der Waals surface area (Å²) in [4.78, 5) is 9.70. The number of alkyl halides is 3. The molecular weight excluding hydrogens is 281 g/mol. The standard InChI is InChI=1S/C14H21F3N4/c1-3-21(10-7-5-4-6-8-10)12-9-11(14(15,16)17)19-13(18-2)20-12/h9-10H,3-8H2,1-2H3,(H,18,19,20). The first-order chi connectivity index (χ1) is 9.95. The molecule has 0 radical (unpaired) electrons. The molecule has 118 valence electrons. The molecule has 4 nitrogen and oxygen atoms in total. The van der Waals surface area contributed by atoms with Gasteiger partial charge in [0.25, 0.3) is 0 Å². The lowest BCUT2D eigenvalue weighted by Gasteiger charge is -2.34. The zero-order valence-electron chi connectivity index (χ0n) is 12.4. The van der Waals surface area contributed by atoms with Gasteiger partial charge in [-0.25, -0.2) is 4.98 Å². The van der Waals surface area contributed by atoms with Crippen molar-refractivity contribution in [1.29, 1.82) is 0 Å². The summed E-state index contributed by atoms with van der Waals surface area (Å²) in [6.45, 7) is 2.59. The topological polar surface area (TPSA) is 41.1 Å². The molecule has 1 saturated carbocycles. The second kappa shape index (κ2) is 6.49. The van der Waals surface area contributed by atoms with Crippen LogP contribution in [0.2, 0.25) is 0 Å². The summed E-state index contributed by atoms with van der Waals surface area (Å²) in [5.74, 6) is 0.366. The SMILES string of the molecule is CCN(c1cc(C(F)(F)F)nc(NC)n1)C1CCCCC1. The summed E-state index contributed by atoms with van der Waals surface area (Å²) in [5.41, 5.74) is -0.897. The Morgan fingerprint density at radius 2 is 1.90 bits per heavy atom. The minimum atomic E-state index is -4.46. The van der Waals surface area contributed by atoms with Gasteiger partial charge in [0, 0.05) is 25.7 Å². The number of hydrogen-bond donors (Lipinski definition) is 1. The molecule has 1 aliphatic carbocycles. The van der Waals surface area contributed by atoms with E-state index in [1.54, 1.807) is 0 Å². The number of nitrogens with zero attached hydrogens (tertiary/aromatic N) is 3. The van der Waals surface area contributed by atoms with E-state index >= 15 is 0 Å². The minimum absolute atomic E-state index is 0.00841. The maximum atomic E-state index is 13.0. The molecule has 0 aromatic carbocycles. The van der Waals surface area contributed by atoms with E-state index in [2.05, 4.69) is 15.3 Å². The molecule has 0 amide bonds. The second-order valence-corrected chi connectivity index (χ2v) is 5.26. The molecule has 0 aliphatic heterocycles. The number of nitrogens with one attached hydrogen (secondary N) is 1. The molecule has 1 N–H and O–H groups in total. The van der Waals surface area contributed by atoms with Gasteiger partial charge in [0.2, 0.25) is 5.95 Å². The molecule has 0 spiro atoms. The van der Waals surface area contributed by atoms with Gasteiger partial charge in [-0.2, -0.15) is 18.2 Å². The van der Waals surface area contributed by atoms with Crippen LogP contribution in [0.4, 0.5) is 24.9 Å². The number of hydrogen-bond acceptors (Lipinski definition) is 4. The fourth-order valence-electron chi connectivity index (χ4n) is 2.84. The van der Waals surface area contributed by atoms with Gasteiger partial charge in [-0.15, -0.1) is 0 Å². The fourth-order valence-corrected chi connectivity index (χ4v) is 2.84. The van der Waals surface area contributed by atoms with E-state index in [0.29, 0.717) is 12.4 Å². The number of halogens is 3. The predicted molar refractivity (Wildman–Crippen MR) is 76.5 cm³/mol. The molecule has 0 saturated heterocycles. The van der Waals surface area contributed by atoms with Crippen molar-refractivity contribution >= 4 is 11.8 Å². The highest BCUT2D eigenvalue weighted by Crippen LogP contribution is 2.32. The van der Waals surface area contributed by atoms with Gasteiger partial charge in [0.05, 0.1) is 0 Å². The third kappa shape index (κ3) is 3.77. The van der Waals surface area contributed by atoms with Crippen LogP contribution in [-0.4, -0.2) is 29.6 Å². The number of rotatable bonds is 4. The van der Waals surface area contributed by atoms with Crippen LogP contribution in [0, 0.1) is 0 Å². The van der Waals surface area contributed by atoms with Gasteiger partial charge in [-0.1, -0.05) is 19.3 Å². The van der Waals surface area contributed by atoms with Crippen molar-refractivity contribution in [2.24, 2.45) is 0 Å². The van der Waals surface area contributed by atoms with Gasteiger partial charge in [-0.05, 0) is 19.8 Å². The molecule has 21 heavy (non-hydrogen) atoms. The lowest BCUT2D eigenvalue weighted by Crippen LogP contribution is -2.37. The Kier molecular flexibility index (Phi) is 4.90. The lowest BCUT2D eigenvalue weighted by molar-refractivity contribution is -0.141.